The van der Waals surface area contributed by atoms with Crippen LogP contribution in [0.2, 0.25) is 0 Å². The van der Waals surface area contributed by atoms with Gasteiger partial charge in [0, 0.05) is 57.0 Å². The number of anilines is 1. The van der Waals surface area contributed by atoms with E-state index in [4.69, 9.17) is 9.47 Å². The second kappa shape index (κ2) is 9.74. The van der Waals surface area contributed by atoms with E-state index in [0.717, 1.165) is 89.0 Å². The van der Waals surface area contributed by atoms with Gasteiger partial charge in [-0.1, -0.05) is 0 Å². The summed E-state index contributed by atoms with van der Waals surface area (Å²) < 4.78 is 11.4. The van der Waals surface area contributed by atoms with Crippen LogP contribution < -0.4 is 15.0 Å². The molecule has 1 atom stereocenters. The Labute approximate surface area is 185 Å². The molecule has 1 amide bonds. The second-order valence-corrected chi connectivity index (χ2v) is 9.57. The number of aromatic nitrogens is 1. The van der Waals surface area contributed by atoms with E-state index in [1.807, 2.05) is 6.20 Å². The first-order valence-corrected chi connectivity index (χ1v) is 12.3. The number of hydrogen-bond acceptors (Lipinski definition) is 6. The number of piperazine rings is 1. The van der Waals surface area contributed by atoms with Crippen LogP contribution >= 0.6 is 0 Å². The van der Waals surface area contributed by atoms with Crippen molar-refractivity contribution in [2.75, 3.05) is 50.8 Å². The Morgan fingerprint density at radius 2 is 1.94 bits per heavy atom. The summed E-state index contributed by atoms with van der Waals surface area (Å²) in [5.74, 6) is 2.96. The van der Waals surface area contributed by atoms with Gasteiger partial charge in [0.05, 0.1) is 6.61 Å². The first kappa shape index (κ1) is 21.0. The number of hydrogen-bond donors (Lipinski definition) is 1. The smallest absolute Gasteiger partial charge is 0.249 e. The van der Waals surface area contributed by atoms with E-state index < -0.39 is 0 Å². The minimum atomic E-state index is -0.199. The van der Waals surface area contributed by atoms with Crippen LogP contribution in [0.15, 0.2) is 12.3 Å². The number of rotatable bonds is 6. The van der Waals surface area contributed by atoms with Crippen molar-refractivity contribution < 1.29 is 14.3 Å². The molecule has 3 aliphatic heterocycles. The SMILES string of the molecule is O=C(NC1CCC(CCN2CCN(c3nccc4c3OCC4)CC2)CC1)C1CCCO1. The fourth-order valence-corrected chi connectivity index (χ4v) is 5.54. The molecule has 0 radical (unpaired) electrons. The van der Waals surface area contributed by atoms with Crippen molar-refractivity contribution in [3.63, 3.8) is 0 Å². The lowest BCUT2D eigenvalue weighted by molar-refractivity contribution is -0.131. The molecule has 2 saturated heterocycles. The topological polar surface area (TPSA) is 66.9 Å². The monoisotopic (exact) mass is 428 g/mol. The first-order valence-electron chi connectivity index (χ1n) is 12.3. The molecule has 5 rings (SSSR count). The molecular formula is C24H36N4O3. The Morgan fingerprint density at radius 3 is 2.71 bits per heavy atom. The van der Waals surface area contributed by atoms with Crippen molar-refractivity contribution in [3.05, 3.63) is 17.8 Å². The van der Waals surface area contributed by atoms with Crippen LogP contribution in [0.1, 0.15) is 50.5 Å². The molecule has 4 heterocycles. The van der Waals surface area contributed by atoms with Crippen LogP contribution in [0.5, 0.6) is 5.75 Å². The number of nitrogens with one attached hydrogen (secondary N) is 1. The summed E-state index contributed by atoms with van der Waals surface area (Å²) in [6.45, 7) is 6.94. The molecule has 1 saturated carbocycles. The third-order valence-corrected chi connectivity index (χ3v) is 7.53. The Morgan fingerprint density at radius 1 is 1.10 bits per heavy atom. The molecule has 4 aliphatic rings. The lowest BCUT2D eigenvalue weighted by Gasteiger charge is -2.37. The van der Waals surface area contributed by atoms with Crippen molar-refractivity contribution in [3.8, 4) is 5.75 Å². The van der Waals surface area contributed by atoms with E-state index >= 15 is 0 Å². The van der Waals surface area contributed by atoms with Crippen LogP contribution in [0.3, 0.4) is 0 Å². The molecule has 0 aromatic carbocycles. The van der Waals surface area contributed by atoms with Crippen LogP contribution in [0, 0.1) is 5.92 Å². The lowest BCUT2D eigenvalue weighted by atomic mass is 9.84. The molecule has 1 aromatic heterocycles. The van der Waals surface area contributed by atoms with Crippen LogP contribution in [-0.4, -0.2) is 73.9 Å². The predicted molar refractivity (Wildman–Crippen MR) is 120 cm³/mol. The summed E-state index contributed by atoms with van der Waals surface area (Å²) in [7, 11) is 0. The predicted octanol–water partition coefficient (Wildman–Crippen LogP) is 2.38. The second-order valence-electron chi connectivity index (χ2n) is 9.57. The molecule has 1 aliphatic carbocycles. The van der Waals surface area contributed by atoms with Crippen LogP contribution in [-0.2, 0) is 16.0 Å². The first-order chi connectivity index (χ1) is 15.3. The molecule has 1 unspecified atom stereocenters. The normalized spacial score (nSPS) is 28.9. The van der Waals surface area contributed by atoms with Gasteiger partial charge in [-0.05, 0) is 63.5 Å². The molecule has 1 aromatic rings. The van der Waals surface area contributed by atoms with Gasteiger partial charge in [-0.15, -0.1) is 0 Å². The summed E-state index contributed by atoms with van der Waals surface area (Å²) in [5.41, 5.74) is 1.30. The van der Waals surface area contributed by atoms with Gasteiger partial charge < -0.3 is 19.7 Å². The largest absolute Gasteiger partial charge is 0.489 e. The number of pyridine rings is 1. The highest BCUT2D eigenvalue weighted by atomic mass is 16.5. The van der Waals surface area contributed by atoms with Gasteiger partial charge in [-0.3, -0.25) is 9.69 Å². The molecular weight excluding hydrogens is 392 g/mol. The fraction of sp³-hybridized carbons (Fsp3) is 0.750. The maximum atomic E-state index is 12.3. The molecule has 3 fully saturated rings. The van der Waals surface area contributed by atoms with Gasteiger partial charge in [-0.25, -0.2) is 4.98 Å². The number of ether oxygens (including phenoxy) is 2. The van der Waals surface area contributed by atoms with E-state index in [-0.39, 0.29) is 12.0 Å². The lowest BCUT2D eigenvalue weighted by Crippen LogP contribution is -2.47. The number of carbonyl (C=O) groups is 1. The average Bonchev–Trinajstić information content (AvgIpc) is 3.51. The van der Waals surface area contributed by atoms with Crippen molar-refractivity contribution in [2.45, 2.75) is 63.5 Å². The Bertz CT molecular complexity index is 751. The maximum Gasteiger partial charge on any atom is 0.249 e. The highest BCUT2D eigenvalue weighted by molar-refractivity contribution is 5.81. The van der Waals surface area contributed by atoms with Crippen LogP contribution in [0.4, 0.5) is 5.82 Å². The number of fused-ring (bicyclic) bond motifs is 1. The van der Waals surface area contributed by atoms with E-state index in [9.17, 15) is 4.79 Å². The molecule has 170 valence electrons. The molecule has 7 nitrogen and oxygen atoms in total. The molecule has 31 heavy (non-hydrogen) atoms. The maximum absolute atomic E-state index is 12.3. The zero-order valence-electron chi connectivity index (χ0n) is 18.6. The van der Waals surface area contributed by atoms with E-state index in [1.165, 1.54) is 31.4 Å². The van der Waals surface area contributed by atoms with Gasteiger partial charge >= 0.3 is 0 Å². The summed E-state index contributed by atoms with van der Waals surface area (Å²) in [6, 6.07) is 2.43. The number of carbonyl (C=O) groups excluding carboxylic acids is 1. The van der Waals surface area contributed by atoms with Crippen LogP contribution in [0.25, 0.3) is 0 Å². The van der Waals surface area contributed by atoms with Crippen molar-refractivity contribution in [1.29, 1.82) is 0 Å². The number of nitrogens with zero attached hydrogens (tertiary/aromatic N) is 3. The molecule has 0 spiro atoms. The van der Waals surface area contributed by atoms with Gasteiger partial charge in [0.1, 0.15) is 6.10 Å². The van der Waals surface area contributed by atoms with Crippen molar-refractivity contribution in [1.82, 2.24) is 15.2 Å². The van der Waals surface area contributed by atoms with E-state index in [2.05, 4.69) is 26.2 Å². The van der Waals surface area contributed by atoms with E-state index in [1.54, 1.807) is 0 Å². The summed E-state index contributed by atoms with van der Waals surface area (Å²) >= 11 is 0. The van der Waals surface area contributed by atoms with Gasteiger partial charge in [0.2, 0.25) is 5.91 Å². The minimum Gasteiger partial charge on any atom is -0.489 e. The third kappa shape index (κ3) is 4.98. The highest BCUT2D eigenvalue weighted by Crippen LogP contribution is 2.34. The van der Waals surface area contributed by atoms with Crippen molar-refractivity contribution >= 4 is 11.7 Å². The zero-order chi connectivity index (χ0) is 21.0. The van der Waals surface area contributed by atoms with Gasteiger partial charge in [0.15, 0.2) is 11.6 Å². The Kier molecular flexibility index (Phi) is 6.60. The minimum absolute atomic E-state index is 0.114. The Balaban J connectivity index is 1.01. The average molecular weight is 429 g/mol. The van der Waals surface area contributed by atoms with Gasteiger partial charge in [-0.2, -0.15) is 0 Å². The zero-order valence-corrected chi connectivity index (χ0v) is 18.6. The summed E-state index contributed by atoms with van der Waals surface area (Å²) in [4.78, 5) is 21.9. The number of amides is 1. The standard InChI is InChI=1S/C24H36N4O3/c29-24(21-2-1-16-30-21)26-20-5-3-18(4-6-20)8-11-27-12-14-28(15-13-27)23-22-19(7-10-25-23)9-17-31-22/h7,10,18,20-21H,1-6,8-9,11-17H2,(H,26,29). The Hall–Kier alpha value is -1.86. The summed E-state index contributed by atoms with van der Waals surface area (Å²) in [5, 5.41) is 3.23. The fourth-order valence-electron chi connectivity index (χ4n) is 5.54. The quantitative estimate of drug-likeness (QED) is 0.751. The molecule has 1 N–H and O–H groups in total. The summed E-state index contributed by atoms with van der Waals surface area (Å²) in [6.07, 6.45) is 10.6. The third-order valence-electron chi connectivity index (χ3n) is 7.53. The highest BCUT2D eigenvalue weighted by Gasteiger charge is 2.29. The van der Waals surface area contributed by atoms with E-state index in [0.29, 0.717) is 6.04 Å². The molecule has 7 heteroatoms. The van der Waals surface area contributed by atoms with Gasteiger partial charge in [0.25, 0.3) is 0 Å². The van der Waals surface area contributed by atoms with Crippen molar-refractivity contribution in [2.24, 2.45) is 5.92 Å². The molecule has 0 bridgehead atoms.